The van der Waals surface area contributed by atoms with E-state index in [1.807, 2.05) is 30.3 Å². The molecule has 3 aromatic carbocycles. The minimum atomic E-state index is -0.253. The second kappa shape index (κ2) is 4.24. The highest BCUT2D eigenvalue weighted by molar-refractivity contribution is 6.13. The summed E-state index contributed by atoms with van der Waals surface area (Å²) >= 11 is 0. The molecule has 0 N–H and O–H groups in total. The molecule has 0 saturated carbocycles. The molecule has 0 atom stereocenters. The van der Waals surface area contributed by atoms with E-state index in [0.717, 1.165) is 0 Å². The Morgan fingerprint density at radius 3 is 2.35 bits per heavy atom. The molecule has 0 fully saturated rings. The van der Waals surface area contributed by atoms with E-state index in [1.54, 1.807) is 6.92 Å². The minimum Gasteiger partial charge on any atom is -0.456 e. The van der Waals surface area contributed by atoms with Crippen LogP contribution in [0.25, 0.3) is 33.1 Å². The molecule has 0 spiro atoms. The SMILES string of the molecule is [2H]c1c([2H])c(C)c2c(oc3c([2H])c([2H])c([2H])c(-c4ccccc4)c32)c1[2H]. The van der Waals surface area contributed by atoms with Crippen LogP contribution in [0.1, 0.15) is 13.8 Å². The third kappa shape index (κ3) is 1.56. The molecule has 0 aliphatic carbocycles. The first-order valence-electron chi connectivity index (χ1n) is 9.32. The number of rotatable bonds is 1. The number of hydrogen-bond donors (Lipinski definition) is 0. The van der Waals surface area contributed by atoms with Gasteiger partial charge in [0, 0.05) is 10.8 Å². The van der Waals surface area contributed by atoms with Gasteiger partial charge < -0.3 is 4.42 Å². The van der Waals surface area contributed by atoms with Gasteiger partial charge in [-0.2, -0.15) is 0 Å². The van der Waals surface area contributed by atoms with Crippen LogP contribution >= 0.6 is 0 Å². The first-order chi connectivity index (χ1) is 12.3. The molecule has 4 rings (SSSR count). The van der Waals surface area contributed by atoms with E-state index in [0.29, 0.717) is 27.5 Å². The second-order valence-corrected chi connectivity index (χ2v) is 4.63. The van der Waals surface area contributed by atoms with E-state index in [1.165, 1.54) is 0 Å². The molecule has 0 unspecified atom stereocenters. The monoisotopic (exact) mass is 264 g/mol. The van der Waals surface area contributed by atoms with Gasteiger partial charge in [0.2, 0.25) is 0 Å². The van der Waals surface area contributed by atoms with Gasteiger partial charge in [-0.1, -0.05) is 54.5 Å². The van der Waals surface area contributed by atoms with E-state index in [-0.39, 0.29) is 47.4 Å². The fourth-order valence-corrected chi connectivity index (χ4v) is 2.48. The van der Waals surface area contributed by atoms with Crippen LogP contribution in [0.15, 0.2) is 71.0 Å². The summed E-state index contributed by atoms with van der Waals surface area (Å²) in [5, 5.41) is 0.920. The van der Waals surface area contributed by atoms with Crippen molar-refractivity contribution in [1.29, 1.82) is 0 Å². The summed E-state index contributed by atoms with van der Waals surface area (Å²) in [5.74, 6) is 0. The highest BCUT2D eigenvalue weighted by Gasteiger charge is 2.13. The van der Waals surface area contributed by atoms with Crippen molar-refractivity contribution >= 4 is 21.9 Å². The van der Waals surface area contributed by atoms with Gasteiger partial charge in [-0.15, -0.1) is 0 Å². The van der Waals surface area contributed by atoms with Gasteiger partial charge >= 0.3 is 0 Å². The molecule has 0 aliphatic rings. The Morgan fingerprint density at radius 2 is 1.55 bits per heavy atom. The zero-order valence-electron chi connectivity index (χ0n) is 16.8. The Bertz CT molecular complexity index is 1190. The van der Waals surface area contributed by atoms with Crippen molar-refractivity contribution in [3.8, 4) is 11.1 Å². The van der Waals surface area contributed by atoms with Crippen molar-refractivity contribution < 1.29 is 12.6 Å². The fourth-order valence-electron chi connectivity index (χ4n) is 2.48. The second-order valence-electron chi connectivity index (χ2n) is 4.63. The highest BCUT2D eigenvalue weighted by atomic mass is 16.3. The third-order valence-electron chi connectivity index (χ3n) is 3.39. The van der Waals surface area contributed by atoms with E-state index in [2.05, 4.69) is 0 Å². The largest absolute Gasteiger partial charge is 0.456 e. The van der Waals surface area contributed by atoms with Gasteiger partial charge in [0.15, 0.2) is 0 Å². The summed E-state index contributed by atoms with van der Waals surface area (Å²) in [7, 11) is 0. The number of aryl methyl sites for hydroxylation is 1. The van der Waals surface area contributed by atoms with Crippen LogP contribution in [-0.2, 0) is 0 Å². The van der Waals surface area contributed by atoms with E-state index in [9.17, 15) is 0 Å². The summed E-state index contributed by atoms with van der Waals surface area (Å²) in [5.41, 5.74) is 1.84. The minimum absolute atomic E-state index is 0.0720. The maximum atomic E-state index is 8.41. The molecule has 1 heterocycles. The summed E-state index contributed by atoms with van der Waals surface area (Å²) in [4.78, 5) is 0. The average Bonchev–Trinajstić information content (AvgIpc) is 3.04. The molecule has 0 saturated heterocycles. The normalized spacial score (nSPS) is 15.4. The van der Waals surface area contributed by atoms with Gasteiger partial charge in [0.05, 0.1) is 8.22 Å². The van der Waals surface area contributed by atoms with Gasteiger partial charge in [-0.25, -0.2) is 0 Å². The molecule has 1 aromatic heterocycles. The Labute approximate surface area is 125 Å². The smallest absolute Gasteiger partial charge is 0.136 e. The molecule has 96 valence electrons. The number of furan rings is 1. The lowest BCUT2D eigenvalue weighted by molar-refractivity contribution is 0.669. The molecule has 0 aliphatic heterocycles. The highest BCUT2D eigenvalue weighted by Crippen LogP contribution is 2.37. The standard InChI is InChI=1S/C19H14O/c1-13-7-5-11-16-18(13)19-15(10-6-12-17(19)20-16)14-8-3-2-4-9-14/h2-12H,1H3/i5D,6D,7D,10D,11D,12D. The van der Waals surface area contributed by atoms with Crippen molar-refractivity contribution in [3.05, 3.63) is 72.1 Å². The van der Waals surface area contributed by atoms with E-state index < -0.39 is 0 Å². The Hall–Kier alpha value is -2.54. The number of benzene rings is 3. The molecular weight excluding hydrogens is 244 g/mol. The van der Waals surface area contributed by atoms with Crippen molar-refractivity contribution in [2.45, 2.75) is 6.92 Å². The maximum absolute atomic E-state index is 8.41. The Morgan fingerprint density at radius 1 is 0.850 bits per heavy atom. The lowest BCUT2D eigenvalue weighted by Crippen LogP contribution is -1.80. The molecular formula is C19H14O. The Balaban J connectivity index is 2.36. The quantitative estimate of drug-likeness (QED) is 0.438. The molecule has 1 nitrogen and oxygen atoms in total. The van der Waals surface area contributed by atoms with Crippen molar-refractivity contribution in [2.75, 3.05) is 0 Å². The number of fused-ring (bicyclic) bond motifs is 3. The molecule has 0 radical (unpaired) electrons. The van der Waals surface area contributed by atoms with Crippen LogP contribution in [0, 0.1) is 6.92 Å². The van der Waals surface area contributed by atoms with Gasteiger partial charge in [-0.3, -0.25) is 0 Å². The van der Waals surface area contributed by atoms with Gasteiger partial charge in [-0.05, 0) is 35.7 Å². The van der Waals surface area contributed by atoms with Crippen LogP contribution in [0.2, 0.25) is 0 Å². The Kier molecular flexibility index (Phi) is 1.43. The van der Waals surface area contributed by atoms with Crippen molar-refractivity contribution in [1.82, 2.24) is 0 Å². The molecule has 0 amide bonds. The first kappa shape index (κ1) is 6.76. The lowest BCUT2D eigenvalue weighted by Gasteiger charge is -2.04. The first-order valence-corrected chi connectivity index (χ1v) is 6.32. The van der Waals surface area contributed by atoms with Crippen molar-refractivity contribution in [3.63, 3.8) is 0 Å². The van der Waals surface area contributed by atoms with Gasteiger partial charge in [0.25, 0.3) is 0 Å². The average molecular weight is 264 g/mol. The predicted octanol–water partition coefficient (Wildman–Crippen LogP) is 5.56. The molecule has 1 heteroatoms. The van der Waals surface area contributed by atoms with Crippen LogP contribution in [-0.4, -0.2) is 0 Å². The molecule has 0 bridgehead atoms. The summed E-state index contributed by atoms with van der Waals surface area (Å²) in [6.07, 6.45) is 0. The zero-order valence-corrected chi connectivity index (χ0v) is 10.8. The fraction of sp³-hybridized carbons (Fsp3) is 0.0526. The summed E-state index contributed by atoms with van der Waals surface area (Å²) in [6.45, 7) is 1.67. The van der Waals surface area contributed by atoms with Crippen LogP contribution < -0.4 is 0 Å². The van der Waals surface area contributed by atoms with Gasteiger partial charge in [0.1, 0.15) is 11.2 Å². The van der Waals surface area contributed by atoms with E-state index in [4.69, 9.17) is 12.6 Å². The van der Waals surface area contributed by atoms with Crippen LogP contribution in [0.4, 0.5) is 0 Å². The van der Waals surface area contributed by atoms with Crippen LogP contribution in [0.5, 0.6) is 0 Å². The van der Waals surface area contributed by atoms with E-state index >= 15 is 0 Å². The summed E-state index contributed by atoms with van der Waals surface area (Å²) < 4.78 is 54.7. The third-order valence-corrected chi connectivity index (χ3v) is 3.39. The molecule has 4 aromatic rings. The topological polar surface area (TPSA) is 13.1 Å². The number of hydrogen-bond acceptors (Lipinski definition) is 1. The van der Waals surface area contributed by atoms with Crippen LogP contribution in [0.3, 0.4) is 0 Å². The molecule has 20 heavy (non-hydrogen) atoms. The zero-order chi connectivity index (χ0) is 18.7. The van der Waals surface area contributed by atoms with Crippen molar-refractivity contribution in [2.24, 2.45) is 0 Å². The maximum Gasteiger partial charge on any atom is 0.136 e. The summed E-state index contributed by atoms with van der Waals surface area (Å²) in [6, 6.07) is 8.01. The predicted molar refractivity (Wildman–Crippen MR) is 83.9 cm³/mol. The lowest BCUT2D eigenvalue weighted by atomic mass is 9.98.